The van der Waals surface area contributed by atoms with Crippen LogP contribution < -0.4 is 4.74 Å². The second-order valence-corrected chi connectivity index (χ2v) is 7.09. The smallest absolute Gasteiger partial charge is 0.274 e. The highest BCUT2D eigenvalue weighted by molar-refractivity contribution is 5.92. The molecule has 3 rings (SSSR count). The van der Waals surface area contributed by atoms with E-state index in [4.69, 9.17) is 9.47 Å². The van der Waals surface area contributed by atoms with Crippen LogP contribution in [0.1, 0.15) is 35.1 Å². The van der Waals surface area contributed by atoms with Crippen molar-refractivity contribution in [1.29, 1.82) is 0 Å². The number of aromatic nitrogens is 2. The molecule has 7 heteroatoms. The summed E-state index contributed by atoms with van der Waals surface area (Å²) >= 11 is 0. The molecular weight excluding hydrogens is 346 g/mol. The molecule has 146 valence electrons. The number of carbonyl (C=O) groups excluding carboxylic acids is 1. The van der Waals surface area contributed by atoms with Crippen LogP contribution in [0.3, 0.4) is 0 Å². The van der Waals surface area contributed by atoms with E-state index in [0.29, 0.717) is 24.6 Å². The Labute approximate surface area is 159 Å². The molecule has 1 unspecified atom stereocenters. The number of ether oxygens (including phenoxy) is 2. The number of aliphatic hydroxyl groups is 1. The highest BCUT2D eigenvalue weighted by atomic mass is 16.5. The predicted molar refractivity (Wildman–Crippen MR) is 101 cm³/mol. The van der Waals surface area contributed by atoms with Crippen LogP contribution in [-0.4, -0.2) is 64.6 Å². The Hall–Kier alpha value is -2.38. The third-order valence-corrected chi connectivity index (χ3v) is 4.61. The summed E-state index contributed by atoms with van der Waals surface area (Å²) in [6.07, 6.45) is 1.82. The number of nitrogens with zero attached hydrogens (tertiary/aromatic N) is 2. The van der Waals surface area contributed by atoms with Crippen molar-refractivity contribution in [2.24, 2.45) is 0 Å². The van der Waals surface area contributed by atoms with Gasteiger partial charge in [-0.1, -0.05) is 31.5 Å². The van der Waals surface area contributed by atoms with Crippen molar-refractivity contribution in [3.63, 3.8) is 0 Å². The van der Waals surface area contributed by atoms with Gasteiger partial charge < -0.3 is 19.5 Å². The van der Waals surface area contributed by atoms with Crippen LogP contribution in [0.25, 0.3) is 0 Å². The number of nitrogens with one attached hydrogen (secondary N) is 1. The third kappa shape index (κ3) is 4.87. The number of benzene rings is 1. The van der Waals surface area contributed by atoms with Gasteiger partial charge in [0.2, 0.25) is 0 Å². The molecule has 0 spiro atoms. The molecule has 27 heavy (non-hydrogen) atoms. The molecule has 1 aliphatic heterocycles. The summed E-state index contributed by atoms with van der Waals surface area (Å²) in [5.41, 5.74) is 1.01. The zero-order chi connectivity index (χ0) is 19.3. The van der Waals surface area contributed by atoms with Crippen molar-refractivity contribution in [3.05, 3.63) is 47.3 Å². The van der Waals surface area contributed by atoms with Crippen LogP contribution in [0.2, 0.25) is 0 Å². The zero-order valence-corrected chi connectivity index (χ0v) is 15.9. The van der Waals surface area contributed by atoms with E-state index in [1.165, 1.54) is 0 Å². The molecule has 1 aliphatic rings. The molecule has 0 bridgehead atoms. The van der Waals surface area contributed by atoms with E-state index in [9.17, 15) is 9.90 Å². The number of β-amino-alcohol motifs (C(OH)–C–C–N with tert-alkyl or cyclic N) is 1. The largest absolute Gasteiger partial charge is 0.490 e. The number of aryl methyl sites for hydroxylation is 2. The van der Waals surface area contributed by atoms with Crippen LogP contribution in [0.4, 0.5) is 0 Å². The lowest BCUT2D eigenvalue weighted by Gasteiger charge is -2.30. The first kappa shape index (κ1) is 19.4. The summed E-state index contributed by atoms with van der Waals surface area (Å²) in [5.74, 6) is 0.498. The first-order valence-corrected chi connectivity index (χ1v) is 9.33. The lowest BCUT2D eigenvalue weighted by atomic mass is 10.1. The highest BCUT2D eigenvalue weighted by Gasteiger charge is 2.36. The van der Waals surface area contributed by atoms with Gasteiger partial charge in [0.15, 0.2) is 0 Å². The SMILES string of the molecule is CCCc1cc(C(=O)N2CCOCC(O)(COc3ccccc3C)C2)n[nH]1. The number of hydrogen-bond donors (Lipinski definition) is 2. The molecule has 1 saturated heterocycles. The molecule has 2 N–H and O–H groups in total. The van der Waals surface area contributed by atoms with Gasteiger partial charge in [0.25, 0.3) is 5.91 Å². The van der Waals surface area contributed by atoms with Gasteiger partial charge in [0.1, 0.15) is 23.7 Å². The number of para-hydroxylation sites is 1. The molecular formula is C20H27N3O4. The number of rotatable bonds is 6. The summed E-state index contributed by atoms with van der Waals surface area (Å²) < 4.78 is 11.4. The van der Waals surface area contributed by atoms with Crippen LogP contribution in [-0.2, 0) is 11.2 Å². The van der Waals surface area contributed by atoms with Crippen molar-refractivity contribution in [2.75, 3.05) is 32.9 Å². The van der Waals surface area contributed by atoms with Gasteiger partial charge in [0, 0.05) is 12.2 Å². The lowest BCUT2D eigenvalue weighted by molar-refractivity contribution is -0.0622. The molecule has 2 aromatic rings. The summed E-state index contributed by atoms with van der Waals surface area (Å²) in [6.45, 7) is 5.08. The molecule has 1 fully saturated rings. The van der Waals surface area contributed by atoms with E-state index < -0.39 is 5.60 Å². The summed E-state index contributed by atoms with van der Waals surface area (Å²) in [6, 6.07) is 9.41. The number of hydrogen-bond acceptors (Lipinski definition) is 5. The summed E-state index contributed by atoms with van der Waals surface area (Å²) in [4.78, 5) is 14.4. The predicted octanol–water partition coefficient (Wildman–Crippen LogP) is 1.95. The second kappa shape index (κ2) is 8.54. The summed E-state index contributed by atoms with van der Waals surface area (Å²) in [5, 5.41) is 18.0. The van der Waals surface area contributed by atoms with Gasteiger partial charge in [-0.05, 0) is 31.0 Å². The Morgan fingerprint density at radius 1 is 1.44 bits per heavy atom. The molecule has 1 aromatic carbocycles. The third-order valence-electron chi connectivity index (χ3n) is 4.61. The normalized spacial score (nSPS) is 20.3. The van der Waals surface area contributed by atoms with Crippen molar-refractivity contribution >= 4 is 5.91 Å². The quantitative estimate of drug-likeness (QED) is 0.808. The zero-order valence-electron chi connectivity index (χ0n) is 15.9. The van der Waals surface area contributed by atoms with Crippen LogP contribution in [0, 0.1) is 6.92 Å². The average Bonchev–Trinajstić information content (AvgIpc) is 3.03. The summed E-state index contributed by atoms with van der Waals surface area (Å²) in [7, 11) is 0. The van der Waals surface area contributed by atoms with Crippen molar-refractivity contribution < 1.29 is 19.4 Å². The molecule has 0 aliphatic carbocycles. The first-order chi connectivity index (χ1) is 13.0. The molecule has 7 nitrogen and oxygen atoms in total. The van der Waals surface area contributed by atoms with Gasteiger partial charge >= 0.3 is 0 Å². The average molecular weight is 373 g/mol. The Morgan fingerprint density at radius 2 is 2.26 bits per heavy atom. The van der Waals surface area contributed by atoms with E-state index >= 15 is 0 Å². The molecule has 1 amide bonds. The number of amides is 1. The molecule has 1 aromatic heterocycles. The van der Waals surface area contributed by atoms with Crippen LogP contribution in [0.15, 0.2) is 30.3 Å². The monoisotopic (exact) mass is 373 g/mol. The van der Waals surface area contributed by atoms with Crippen LogP contribution in [0.5, 0.6) is 5.75 Å². The van der Waals surface area contributed by atoms with E-state index in [1.807, 2.05) is 31.2 Å². The topological polar surface area (TPSA) is 87.7 Å². The van der Waals surface area contributed by atoms with Crippen molar-refractivity contribution in [2.45, 2.75) is 32.3 Å². The maximum absolute atomic E-state index is 12.8. The van der Waals surface area contributed by atoms with E-state index in [2.05, 4.69) is 17.1 Å². The Balaban J connectivity index is 1.68. The minimum absolute atomic E-state index is 0.0449. The van der Waals surface area contributed by atoms with E-state index in [-0.39, 0.29) is 25.7 Å². The lowest BCUT2D eigenvalue weighted by Crippen LogP contribution is -2.50. The molecule has 0 saturated carbocycles. The maximum atomic E-state index is 12.8. The minimum Gasteiger partial charge on any atom is -0.490 e. The van der Waals surface area contributed by atoms with Gasteiger partial charge in [-0.15, -0.1) is 0 Å². The van der Waals surface area contributed by atoms with E-state index in [0.717, 1.165) is 24.1 Å². The second-order valence-electron chi connectivity index (χ2n) is 7.09. The number of carbonyl (C=O) groups is 1. The minimum atomic E-state index is -1.28. The molecule has 1 atom stereocenters. The maximum Gasteiger partial charge on any atom is 0.274 e. The fourth-order valence-electron chi connectivity index (χ4n) is 3.14. The fourth-order valence-corrected chi connectivity index (χ4v) is 3.14. The van der Waals surface area contributed by atoms with Crippen molar-refractivity contribution in [1.82, 2.24) is 15.1 Å². The van der Waals surface area contributed by atoms with Gasteiger partial charge in [0.05, 0.1) is 19.8 Å². The Bertz CT molecular complexity index is 776. The van der Waals surface area contributed by atoms with Gasteiger partial charge in [-0.2, -0.15) is 5.10 Å². The molecule has 0 radical (unpaired) electrons. The van der Waals surface area contributed by atoms with Crippen molar-refractivity contribution in [3.8, 4) is 5.75 Å². The number of aromatic amines is 1. The van der Waals surface area contributed by atoms with Gasteiger partial charge in [-0.25, -0.2) is 0 Å². The van der Waals surface area contributed by atoms with Gasteiger partial charge in [-0.3, -0.25) is 9.89 Å². The molecule has 2 heterocycles. The first-order valence-electron chi connectivity index (χ1n) is 9.33. The Kier molecular flexibility index (Phi) is 6.13. The van der Waals surface area contributed by atoms with E-state index in [1.54, 1.807) is 11.0 Å². The number of H-pyrrole nitrogens is 1. The highest BCUT2D eigenvalue weighted by Crippen LogP contribution is 2.20. The fraction of sp³-hybridized carbons (Fsp3) is 0.500. The van der Waals surface area contributed by atoms with Crippen LogP contribution >= 0.6 is 0 Å². The Morgan fingerprint density at radius 3 is 3.04 bits per heavy atom. The standard InChI is InChI=1S/C20H27N3O4/c1-3-6-16-11-17(22-21-16)19(24)23-9-10-26-13-20(25,12-23)14-27-18-8-5-4-7-15(18)2/h4-5,7-8,11,25H,3,6,9-10,12-14H2,1-2H3,(H,21,22).